The molecule has 1 aliphatic rings. The van der Waals surface area contributed by atoms with Gasteiger partial charge >= 0.3 is 7.25 Å². The predicted octanol–water partition coefficient (Wildman–Crippen LogP) is 7.71. The lowest BCUT2D eigenvalue weighted by Crippen LogP contribution is -2.13. The standard InChI is InChI=1S/C18H8F4IS2.BF4/c19-11-5-15-17(7-13(11)21)25(10-3-1-9(23)2-4-10)18-8-14(22)12(20)6-16(18)24-15;2-1(3,4)5/h1-8H;/q+1;-1. The average molecular weight is 578 g/mol. The van der Waals surface area contributed by atoms with Crippen LogP contribution in [-0.2, 0) is 10.9 Å². The van der Waals surface area contributed by atoms with Crippen LogP contribution in [0.25, 0.3) is 0 Å². The SMILES string of the molecule is F[B-](F)(F)F.Fc1cc2c(cc1F)[S+](c1ccc(I)cc1)c1cc(F)c(F)cc1S2. The molecule has 0 N–H and O–H groups in total. The maximum atomic E-state index is 13.9. The molecule has 0 radical (unpaired) electrons. The Labute approximate surface area is 186 Å². The fraction of sp³-hybridized carbons (Fsp3) is 0. The molecule has 12 heteroatoms. The molecule has 0 nitrogen and oxygen atoms in total. The number of fused-ring (bicyclic) bond motifs is 2. The van der Waals surface area contributed by atoms with Gasteiger partial charge in [0.05, 0.1) is 9.79 Å². The Bertz CT molecular complexity index is 1030. The van der Waals surface area contributed by atoms with Crippen molar-refractivity contribution in [3.63, 3.8) is 0 Å². The molecule has 0 unspecified atom stereocenters. The quantitative estimate of drug-likeness (QED) is 0.0966. The first-order chi connectivity index (χ1) is 13.9. The first-order valence-corrected chi connectivity index (χ1v) is 11.1. The van der Waals surface area contributed by atoms with Crippen LogP contribution >= 0.6 is 34.4 Å². The lowest BCUT2D eigenvalue weighted by molar-refractivity contribution is 0.368. The van der Waals surface area contributed by atoms with Crippen LogP contribution in [-0.4, -0.2) is 7.25 Å². The fourth-order valence-electron chi connectivity index (χ4n) is 2.56. The minimum Gasteiger partial charge on any atom is -0.418 e. The lowest BCUT2D eigenvalue weighted by atomic mass is 10.3. The Morgan fingerprint density at radius 3 is 1.43 bits per heavy atom. The van der Waals surface area contributed by atoms with Gasteiger partial charge in [0.2, 0.25) is 0 Å². The molecule has 158 valence electrons. The van der Waals surface area contributed by atoms with Crippen LogP contribution in [0.1, 0.15) is 0 Å². The highest BCUT2D eigenvalue weighted by Crippen LogP contribution is 2.49. The van der Waals surface area contributed by atoms with Gasteiger partial charge in [-0.05, 0) is 59.0 Å². The zero-order valence-corrected chi connectivity index (χ0v) is 18.2. The summed E-state index contributed by atoms with van der Waals surface area (Å²) in [6, 6.07) is 12.1. The molecule has 4 rings (SSSR count). The molecule has 0 fully saturated rings. The van der Waals surface area contributed by atoms with Gasteiger partial charge in [-0.3, -0.25) is 0 Å². The smallest absolute Gasteiger partial charge is 0.418 e. The van der Waals surface area contributed by atoms with E-state index in [-0.39, 0.29) is 0 Å². The van der Waals surface area contributed by atoms with Crippen LogP contribution in [0.5, 0.6) is 0 Å². The highest BCUT2D eigenvalue weighted by atomic mass is 127. The molecule has 0 saturated carbocycles. The van der Waals surface area contributed by atoms with Crippen molar-refractivity contribution in [2.45, 2.75) is 24.5 Å². The average Bonchev–Trinajstić information content (AvgIpc) is 2.62. The van der Waals surface area contributed by atoms with Gasteiger partial charge in [-0.1, -0.05) is 11.8 Å². The summed E-state index contributed by atoms with van der Waals surface area (Å²) in [6.07, 6.45) is 0. The molecular weight excluding hydrogens is 570 g/mol. The molecule has 1 aliphatic heterocycles. The lowest BCUT2D eigenvalue weighted by Gasteiger charge is -2.19. The Morgan fingerprint density at radius 2 is 1.03 bits per heavy atom. The summed E-state index contributed by atoms with van der Waals surface area (Å²) in [5.41, 5.74) is 0. The first kappa shape index (κ1) is 23.3. The zero-order chi connectivity index (χ0) is 22.2. The summed E-state index contributed by atoms with van der Waals surface area (Å²) in [5.74, 6) is -3.81. The van der Waals surface area contributed by atoms with Crippen LogP contribution in [0.15, 0.2) is 73.0 Å². The van der Waals surface area contributed by atoms with Crippen molar-refractivity contribution in [3.8, 4) is 0 Å². The van der Waals surface area contributed by atoms with E-state index < -0.39 is 41.4 Å². The van der Waals surface area contributed by atoms with Crippen LogP contribution in [0.2, 0.25) is 0 Å². The summed E-state index contributed by atoms with van der Waals surface area (Å²) < 4.78 is 95.1. The molecule has 3 aromatic rings. The van der Waals surface area contributed by atoms with E-state index in [0.717, 1.165) is 44.5 Å². The summed E-state index contributed by atoms with van der Waals surface area (Å²) in [5, 5.41) is 0. The molecule has 0 aromatic heterocycles. The van der Waals surface area contributed by atoms with E-state index in [1.54, 1.807) is 0 Å². The summed E-state index contributed by atoms with van der Waals surface area (Å²) in [7, 11) is -6.84. The first-order valence-electron chi connectivity index (χ1n) is 7.97. The highest BCUT2D eigenvalue weighted by molar-refractivity contribution is 14.1. The Morgan fingerprint density at radius 1 is 0.667 bits per heavy atom. The number of hydrogen-bond donors (Lipinski definition) is 0. The van der Waals surface area contributed by atoms with Gasteiger partial charge in [0, 0.05) is 15.7 Å². The monoisotopic (exact) mass is 578 g/mol. The van der Waals surface area contributed by atoms with Crippen molar-refractivity contribution in [1.82, 2.24) is 0 Å². The van der Waals surface area contributed by atoms with Gasteiger partial charge in [0.25, 0.3) is 0 Å². The largest absolute Gasteiger partial charge is 0.673 e. The van der Waals surface area contributed by atoms with Gasteiger partial charge in [-0.15, -0.1) is 0 Å². The van der Waals surface area contributed by atoms with E-state index in [0.29, 0.717) is 19.6 Å². The number of hydrogen-bond acceptors (Lipinski definition) is 1. The van der Waals surface area contributed by atoms with Crippen molar-refractivity contribution >= 4 is 52.5 Å². The van der Waals surface area contributed by atoms with E-state index >= 15 is 0 Å². The molecule has 0 saturated heterocycles. The second kappa shape index (κ2) is 8.99. The second-order valence-electron chi connectivity index (χ2n) is 5.78. The third kappa shape index (κ3) is 5.44. The zero-order valence-electron chi connectivity index (χ0n) is 14.4. The van der Waals surface area contributed by atoms with Crippen molar-refractivity contribution in [3.05, 3.63) is 75.4 Å². The molecule has 3 aromatic carbocycles. The second-order valence-corrected chi connectivity index (χ2v) is 10.1. The van der Waals surface area contributed by atoms with E-state index in [4.69, 9.17) is 0 Å². The van der Waals surface area contributed by atoms with Gasteiger partial charge < -0.3 is 17.3 Å². The molecule has 0 spiro atoms. The molecule has 0 atom stereocenters. The Hall–Kier alpha value is -1.41. The minimum absolute atomic E-state index is 0.513. The van der Waals surface area contributed by atoms with Gasteiger partial charge in [0.1, 0.15) is 10.9 Å². The molecule has 30 heavy (non-hydrogen) atoms. The third-order valence-corrected chi connectivity index (χ3v) is 8.07. The predicted molar refractivity (Wildman–Crippen MR) is 108 cm³/mol. The molecule has 0 bridgehead atoms. The van der Waals surface area contributed by atoms with E-state index in [1.165, 1.54) is 0 Å². The maximum Gasteiger partial charge on any atom is 0.673 e. The molecule has 1 heterocycles. The Balaban J connectivity index is 0.000000461. The van der Waals surface area contributed by atoms with Crippen LogP contribution in [0.4, 0.5) is 34.8 Å². The minimum atomic E-state index is -6.00. The summed E-state index contributed by atoms with van der Waals surface area (Å²) in [4.78, 5) is 3.01. The van der Waals surface area contributed by atoms with E-state index in [9.17, 15) is 34.8 Å². The normalized spacial score (nSPS) is 13.2. The summed E-state index contributed by atoms with van der Waals surface area (Å²) >= 11 is 3.29. The number of benzene rings is 3. The summed E-state index contributed by atoms with van der Waals surface area (Å²) in [6.45, 7) is 0. The molecule has 0 amide bonds. The Kier molecular flexibility index (Phi) is 6.97. The molecular formula is C18H8BF8IS2. The van der Waals surface area contributed by atoms with Gasteiger partial charge in [0.15, 0.2) is 38.0 Å². The van der Waals surface area contributed by atoms with E-state index in [2.05, 4.69) is 22.6 Å². The van der Waals surface area contributed by atoms with Crippen LogP contribution < -0.4 is 0 Å². The third-order valence-electron chi connectivity index (χ3n) is 3.68. The van der Waals surface area contributed by atoms with Crippen LogP contribution in [0.3, 0.4) is 0 Å². The number of halogens is 9. The topological polar surface area (TPSA) is 0 Å². The maximum absolute atomic E-state index is 13.9. The number of rotatable bonds is 1. The van der Waals surface area contributed by atoms with Gasteiger partial charge in [-0.2, -0.15) is 0 Å². The van der Waals surface area contributed by atoms with Crippen LogP contribution in [0, 0.1) is 26.8 Å². The van der Waals surface area contributed by atoms with Crippen molar-refractivity contribution < 1.29 is 34.8 Å². The fourth-order valence-corrected chi connectivity index (χ4v) is 6.67. The van der Waals surface area contributed by atoms with Gasteiger partial charge in [-0.25, -0.2) is 17.6 Å². The van der Waals surface area contributed by atoms with Crippen molar-refractivity contribution in [2.24, 2.45) is 0 Å². The molecule has 0 aliphatic carbocycles. The highest BCUT2D eigenvalue weighted by Gasteiger charge is 2.40. The van der Waals surface area contributed by atoms with Crippen molar-refractivity contribution in [1.29, 1.82) is 0 Å². The van der Waals surface area contributed by atoms with Crippen molar-refractivity contribution in [2.75, 3.05) is 0 Å². The van der Waals surface area contributed by atoms with E-state index in [1.807, 2.05) is 24.3 Å².